The molecule has 0 saturated carbocycles. The predicted octanol–water partition coefficient (Wildman–Crippen LogP) is 0.454. The molecule has 0 aliphatic carbocycles. The molecule has 2 aromatic rings. The summed E-state index contributed by atoms with van der Waals surface area (Å²) in [6, 6.07) is 5.78. The summed E-state index contributed by atoms with van der Waals surface area (Å²) >= 11 is 0. The van der Waals surface area contributed by atoms with Crippen molar-refractivity contribution in [2.45, 2.75) is 6.54 Å². The average molecular weight is 280 g/mol. The van der Waals surface area contributed by atoms with E-state index in [0.717, 1.165) is 0 Å². The number of aromatic nitrogens is 1. The number of H-pyrrole nitrogens is 1. The minimum absolute atomic E-state index is 0.0494. The van der Waals surface area contributed by atoms with Crippen molar-refractivity contribution in [2.24, 2.45) is 0 Å². The fraction of sp³-hybridized carbons (Fsp3) is 0.357. The lowest BCUT2D eigenvalue weighted by Crippen LogP contribution is -2.30. The Bertz CT molecular complexity index is 636. The Labute approximate surface area is 115 Å². The van der Waals surface area contributed by atoms with Gasteiger partial charge in [0, 0.05) is 36.8 Å². The summed E-state index contributed by atoms with van der Waals surface area (Å²) in [5.41, 5.74) is 0.485. The first-order valence-corrected chi connectivity index (χ1v) is 6.40. The van der Waals surface area contributed by atoms with Crippen LogP contribution in [0.3, 0.4) is 0 Å². The second kappa shape index (κ2) is 6.60. The lowest BCUT2D eigenvalue weighted by atomic mass is 10.2. The quantitative estimate of drug-likeness (QED) is 0.718. The molecular formula is C14H17FN2O3. The number of benzene rings is 1. The molecule has 0 aliphatic rings. The SMILES string of the molecule is O=c1cc(CN(CCO)CCO)[nH]c2c(F)cccc12. The molecule has 0 unspecified atom stereocenters. The van der Waals surface area contributed by atoms with Crippen molar-refractivity contribution in [1.82, 2.24) is 9.88 Å². The van der Waals surface area contributed by atoms with Gasteiger partial charge in [0.2, 0.25) is 0 Å². The molecule has 0 saturated heterocycles. The Morgan fingerprint density at radius 2 is 1.90 bits per heavy atom. The predicted molar refractivity (Wildman–Crippen MR) is 74.0 cm³/mol. The zero-order valence-corrected chi connectivity index (χ0v) is 11.0. The largest absolute Gasteiger partial charge is 0.395 e. The molecule has 6 heteroatoms. The minimum Gasteiger partial charge on any atom is -0.395 e. The number of hydrogen-bond acceptors (Lipinski definition) is 4. The molecule has 0 aliphatic heterocycles. The smallest absolute Gasteiger partial charge is 0.189 e. The van der Waals surface area contributed by atoms with E-state index in [-0.39, 0.29) is 24.2 Å². The number of aliphatic hydroxyl groups is 2. The van der Waals surface area contributed by atoms with E-state index in [1.165, 1.54) is 18.2 Å². The Kier molecular flexibility index (Phi) is 4.84. The van der Waals surface area contributed by atoms with Crippen molar-refractivity contribution >= 4 is 10.9 Å². The summed E-state index contributed by atoms with van der Waals surface area (Å²) in [6.45, 7) is 0.981. The minimum atomic E-state index is -0.475. The van der Waals surface area contributed by atoms with Crippen LogP contribution in [0.15, 0.2) is 29.1 Å². The summed E-state index contributed by atoms with van der Waals surface area (Å²) in [7, 11) is 0. The Morgan fingerprint density at radius 3 is 2.55 bits per heavy atom. The Morgan fingerprint density at radius 1 is 1.20 bits per heavy atom. The third-order valence-corrected chi connectivity index (χ3v) is 3.10. The third-order valence-electron chi connectivity index (χ3n) is 3.10. The first-order chi connectivity index (χ1) is 9.65. The van der Waals surface area contributed by atoms with Gasteiger partial charge in [-0.3, -0.25) is 9.69 Å². The zero-order valence-electron chi connectivity index (χ0n) is 11.0. The number of nitrogens with one attached hydrogen (secondary N) is 1. The second-order valence-electron chi connectivity index (χ2n) is 4.54. The molecule has 2 rings (SSSR count). The van der Waals surface area contributed by atoms with Gasteiger partial charge in [0.15, 0.2) is 5.43 Å². The van der Waals surface area contributed by atoms with Crippen LogP contribution in [0.25, 0.3) is 10.9 Å². The highest BCUT2D eigenvalue weighted by Crippen LogP contribution is 2.13. The molecule has 5 nitrogen and oxygen atoms in total. The summed E-state index contributed by atoms with van der Waals surface area (Å²) in [5.74, 6) is -0.475. The van der Waals surface area contributed by atoms with Gasteiger partial charge >= 0.3 is 0 Å². The fourth-order valence-electron chi connectivity index (χ4n) is 2.17. The molecular weight excluding hydrogens is 263 g/mol. The van der Waals surface area contributed by atoms with Crippen molar-refractivity contribution in [3.05, 3.63) is 46.0 Å². The fourth-order valence-corrected chi connectivity index (χ4v) is 2.17. The maximum atomic E-state index is 13.7. The van der Waals surface area contributed by atoms with Crippen LogP contribution in [0.2, 0.25) is 0 Å². The number of hydrogen-bond donors (Lipinski definition) is 3. The summed E-state index contributed by atoms with van der Waals surface area (Å²) in [5, 5.41) is 18.2. The van der Waals surface area contributed by atoms with Gasteiger partial charge < -0.3 is 15.2 Å². The van der Waals surface area contributed by atoms with E-state index in [4.69, 9.17) is 10.2 Å². The molecule has 0 amide bonds. The summed E-state index contributed by atoms with van der Waals surface area (Å²) in [4.78, 5) is 16.6. The first-order valence-electron chi connectivity index (χ1n) is 6.40. The van der Waals surface area contributed by atoms with Crippen LogP contribution in [0, 0.1) is 5.82 Å². The highest BCUT2D eigenvalue weighted by Gasteiger charge is 2.09. The number of rotatable bonds is 6. The van der Waals surface area contributed by atoms with Crippen LogP contribution in [0.5, 0.6) is 0 Å². The lowest BCUT2D eigenvalue weighted by Gasteiger charge is -2.20. The third kappa shape index (κ3) is 3.22. The van der Waals surface area contributed by atoms with Gasteiger partial charge in [0.1, 0.15) is 5.82 Å². The van der Waals surface area contributed by atoms with Crippen LogP contribution in [0.4, 0.5) is 4.39 Å². The molecule has 108 valence electrons. The summed E-state index contributed by atoms with van der Waals surface area (Å²) in [6.07, 6.45) is 0. The van der Waals surface area contributed by atoms with Crippen molar-refractivity contribution in [2.75, 3.05) is 26.3 Å². The highest BCUT2D eigenvalue weighted by atomic mass is 19.1. The van der Waals surface area contributed by atoms with Gasteiger partial charge in [-0.05, 0) is 12.1 Å². The maximum Gasteiger partial charge on any atom is 0.189 e. The summed E-state index contributed by atoms with van der Waals surface area (Å²) < 4.78 is 13.7. The molecule has 20 heavy (non-hydrogen) atoms. The molecule has 0 atom stereocenters. The van der Waals surface area contributed by atoms with E-state index in [1.54, 1.807) is 11.0 Å². The number of halogens is 1. The Balaban J connectivity index is 2.35. The van der Waals surface area contributed by atoms with E-state index in [2.05, 4.69) is 4.98 Å². The monoisotopic (exact) mass is 280 g/mol. The Hall–Kier alpha value is -1.76. The van der Waals surface area contributed by atoms with Gasteiger partial charge in [0.05, 0.1) is 18.7 Å². The molecule has 0 bridgehead atoms. The molecule has 1 aromatic carbocycles. The number of fused-ring (bicyclic) bond motifs is 1. The highest BCUT2D eigenvalue weighted by molar-refractivity contribution is 5.78. The molecule has 0 spiro atoms. The van der Waals surface area contributed by atoms with Crippen molar-refractivity contribution in [3.8, 4) is 0 Å². The normalized spacial score (nSPS) is 11.4. The van der Waals surface area contributed by atoms with Crippen LogP contribution >= 0.6 is 0 Å². The van der Waals surface area contributed by atoms with E-state index < -0.39 is 5.82 Å². The molecule has 3 N–H and O–H groups in total. The van der Waals surface area contributed by atoms with Crippen molar-refractivity contribution in [3.63, 3.8) is 0 Å². The van der Waals surface area contributed by atoms with Crippen LogP contribution < -0.4 is 5.43 Å². The number of aliphatic hydroxyl groups excluding tert-OH is 2. The number of para-hydroxylation sites is 1. The average Bonchev–Trinajstić information content (AvgIpc) is 2.41. The number of aromatic amines is 1. The molecule has 1 aromatic heterocycles. The van der Waals surface area contributed by atoms with Crippen molar-refractivity contribution in [1.29, 1.82) is 0 Å². The second-order valence-corrected chi connectivity index (χ2v) is 4.54. The van der Waals surface area contributed by atoms with E-state index in [9.17, 15) is 9.18 Å². The van der Waals surface area contributed by atoms with Crippen molar-refractivity contribution < 1.29 is 14.6 Å². The van der Waals surface area contributed by atoms with Gasteiger partial charge in [-0.25, -0.2) is 4.39 Å². The topological polar surface area (TPSA) is 76.6 Å². The van der Waals surface area contributed by atoms with E-state index in [1.807, 2.05) is 0 Å². The standard InChI is InChI=1S/C14H17FN2O3/c15-12-3-1-2-11-13(20)8-10(16-14(11)12)9-17(4-6-18)5-7-19/h1-3,8,18-19H,4-7,9H2,(H,16,20). The first kappa shape index (κ1) is 14.6. The van der Waals surface area contributed by atoms with Crippen LogP contribution in [-0.2, 0) is 6.54 Å². The zero-order chi connectivity index (χ0) is 14.5. The van der Waals surface area contributed by atoms with E-state index >= 15 is 0 Å². The van der Waals surface area contributed by atoms with Gasteiger partial charge in [-0.1, -0.05) is 6.07 Å². The van der Waals surface area contributed by atoms with Gasteiger partial charge in [-0.2, -0.15) is 0 Å². The number of nitrogens with zero attached hydrogens (tertiary/aromatic N) is 1. The molecule has 0 radical (unpaired) electrons. The van der Waals surface area contributed by atoms with Gasteiger partial charge in [0.25, 0.3) is 0 Å². The maximum absolute atomic E-state index is 13.7. The van der Waals surface area contributed by atoms with Gasteiger partial charge in [-0.15, -0.1) is 0 Å². The lowest BCUT2D eigenvalue weighted by molar-refractivity contribution is 0.155. The van der Waals surface area contributed by atoms with E-state index in [0.29, 0.717) is 30.7 Å². The van der Waals surface area contributed by atoms with Crippen LogP contribution in [0.1, 0.15) is 5.69 Å². The molecule has 1 heterocycles. The number of pyridine rings is 1. The van der Waals surface area contributed by atoms with Crippen LogP contribution in [-0.4, -0.2) is 46.4 Å². The molecule has 0 fully saturated rings.